The highest BCUT2D eigenvalue weighted by atomic mass is 16.5. The van der Waals surface area contributed by atoms with Gasteiger partial charge in [0.05, 0.1) is 7.11 Å². The molecule has 0 radical (unpaired) electrons. The minimum absolute atomic E-state index is 0.130. The van der Waals surface area contributed by atoms with Crippen molar-refractivity contribution < 1.29 is 14.3 Å². The van der Waals surface area contributed by atoms with Crippen LogP contribution < -0.4 is 5.32 Å². The molecule has 1 aliphatic rings. The molecule has 0 aliphatic carbocycles. The first kappa shape index (κ1) is 13.8. The van der Waals surface area contributed by atoms with E-state index in [0.717, 1.165) is 25.9 Å². The van der Waals surface area contributed by atoms with E-state index >= 15 is 0 Å². The quantitative estimate of drug-likeness (QED) is 0.813. The maximum atomic E-state index is 11.8. The first-order valence-corrected chi connectivity index (χ1v) is 6.15. The van der Waals surface area contributed by atoms with Crippen molar-refractivity contribution in [2.75, 3.05) is 20.2 Å². The zero-order chi connectivity index (χ0) is 12.8. The minimum Gasteiger partial charge on any atom is -0.453 e. The fraction of sp³-hybridized carbons (Fsp3) is 0.833. The van der Waals surface area contributed by atoms with Crippen LogP contribution in [0.15, 0.2) is 0 Å². The Bertz CT molecular complexity index is 271. The number of nitrogens with zero attached hydrogens (tertiary/aromatic N) is 1. The van der Waals surface area contributed by atoms with Gasteiger partial charge in [0.2, 0.25) is 5.91 Å². The monoisotopic (exact) mass is 242 g/mol. The second kappa shape index (κ2) is 6.47. The Morgan fingerprint density at radius 3 is 2.41 bits per heavy atom. The molecule has 0 aromatic rings. The van der Waals surface area contributed by atoms with Crippen LogP contribution in [0.25, 0.3) is 0 Å². The number of carbonyl (C=O) groups excluding carboxylic acids is 2. The second-order valence-corrected chi connectivity index (χ2v) is 4.89. The third-order valence-corrected chi connectivity index (χ3v) is 2.94. The number of alkyl carbamates (subject to hydrolysis) is 1. The molecule has 0 saturated carbocycles. The summed E-state index contributed by atoms with van der Waals surface area (Å²) in [4.78, 5) is 24.7. The maximum absolute atomic E-state index is 11.8. The molecular weight excluding hydrogens is 220 g/mol. The molecule has 5 nitrogen and oxygen atoms in total. The second-order valence-electron chi connectivity index (χ2n) is 4.89. The Kier molecular flexibility index (Phi) is 5.25. The highest BCUT2D eigenvalue weighted by Gasteiger charge is 2.24. The van der Waals surface area contributed by atoms with Crippen molar-refractivity contribution >= 4 is 12.0 Å². The Morgan fingerprint density at radius 1 is 1.35 bits per heavy atom. The number of likely N-dealkylation sites (tertiary alicyclic amines) is 1. The summed E-state index contributed by atoms with van der Waals surface area (Å²) in [7, 11) is 1.36. The molecule has 2 amide bonds. The molecule has 1 rings (SSSR count). The van der Waals surface area contributed by atoms with Crippen LogP contribution in [0.2, 0.25) is 0 Å². The zero-order valence-corrected chi connectivity index (χ0v) is 10.9. The largest absolute Gasteiger partial charge is 0.453 e. The van der Waals surface area contributed by atoms with Gasteiger partial charge in [-0.25, -0.2) is 4.79 Å². The van der Waals surface area contributed by atoms with Crippen LogP contribution in [-0.4, -0.2) is 43.1 Å². The lowest BCUT2D eigenvalue weighted by atomic mass is 10.0. The lowest BCUT2D eigenvalue weighted by molar-refractivity contribution is -0.133. The molecule has 0 aromatic heterocycles. The Labute approximate surface area is 102 Å². The van der Waals surface area contributed by atoms with E-state index < -0.39 is 6.09 Å². The number of ether oxygens (including phenoxy) is 1. The average molecular weight is 242 g/mol. The molecule has 0 unspecified atom stereocenters. The number of rotatable bonds is 3. The number of methoxy groups -OCH3 is 1. The van der Waals surface area contributed by atoms with Gasteiger partial charge in [-0.15, -0.1) is 0 Å². The number of piperidine rings is 1. The number of hydrogen-bond donors (Lipinski definition) is 1. The van der Waals surface area contributed by atoms with Crippen molar-refractivity contribution in [2.24, 2.45) is 5.92 Å². The van der Waals surface area contributed by atoms with Crippen LogP contribution in [-0.2, 0) is 9.53 Å². The molecule has 0 aromatic carbocycles. The van der Waals surface area contributed by atoms with Crippen LogP contribution >= 0.6 is 0 Å². The topological polar surface area (TPSA) is 58.6 Å². The van der Waals surface area contributed by atoms with Gasteiger partial charge in [0.1, 0.15) is 0 Å². The van der Waals surface area contributed by atoms with Crippen molar-refractivity contribution in [1.82, 2.24) is 10.2 Å². The van der Waals surface area contributed by atoms with Crippen molar-refractivity contribution in [2.45, 2.75) is 39.2 Å². The fourth-order valence-electron chi connectivity index (χ4n) is 1.98. The zero-order valence-electron chi connectivity index (χ0n) is 10.9. The fourth-order valence-corrected chi connectivity index (χ4v) is 1.98. The van der Waals surface area contributed by atoms with E-state index in [4.69, 9.17) is 0 Å². The van der Waals surface area contributed by atoms with Gasteiger partial charge in [-0.05, 0) is 18.8 Å². The summed E-state index contributed by atoms with van der Waals surface area (Å²) < 4.78 is 4.55. The molecule has 0 atom stereocenters. The van der Waals surface area contributed by atoms with Gasteiger partial charge in [-0.2, -0.15) is 0 Å². The smallest absolute Gasteiger partial charge is 0.407 e. The Balaban J connectivity index is 2.30. The van der Waals surface area contributed by atoms with E-state index in [0.29, 0.717) is 12.3 Å². The summed E-state index contributed by atoms with van der Waals surface area (Å²) in [6.07, 6.45) is 1.82. The average Bonchev–Trinajstić information content (AvgIpc) is 2.28. The first-order chi connectivity index (χ1) is 8.02. The number of carbonyl (C=O) groups is 2. The van der Waals surface area contributed by atoms with Crippen LogP contribution in [0.3, 0.4) is 0 Å². The summed E-state index contributed by atoms with van der Waals surface area (Å²) in [5.74, 6) is 0.616. The van der Waals surface area contributed by atoms with Crippen molar-refractivity contribution in [3.63, 3.8) is 0 Å². The lowest BCUT2D eigenvalue weighted by Gasteiger charge is -2.32. The predicted molar refractivity (Wildman–Crippen MR) is 64.6 cm³/mol. The molecule has 17 heavy (non-hydrogen) atoms. The molecule has 1 N–H and O–H groups in total. The lowest BCUT2D eigenvalue weighted by Crippen LogP contribution is -2.46. The molecule has 1 fully saturated rings. The summed E-state index contributed by atoms with van der Waals surface area (Å²) in [5, 5.41) is 2.77. The molecule has 0 spiro atoms. The standard InChI is InChI=1S/C12H22N2O3/c1-9(2)8-11(15)14-6-4-10(5-7-14)13-12(16)17-3/h9-10H,4-8H2,1-3H3,(H,13,16). The van der Waals surface area contributed by atoms with E-state index in [1.807, 2.05) is 18.7 Å². The highest BCUT2D eigenvalue weighted by Crippen LogP contribution is 2.13. The molecular formula is C12H22N2O3. The first-order valence-electron chi connectivity index (χ1n) is 6.15. The molecule has 5 heteroatoms. The third kappa shape index (κ3) is 4.63. The van der Waals surface area contributed by atoms with Gasteiger partial charge in [-0.1, -0.05) is 13.8 Å². The molecule has 1 aliphatic heterocycles. The number of amides is 2. The number of nitrogens with one attached hydrogen (secondary N) is 1. The van der Waals surface area contributed by atoms with Gasteiger partial charge in [0.25, 0.3) is 0 Å². The molecule has 1 saturated heterocycles. The number of hydrogen-bond acceptors (Lipinski definition) is 3. The molecule has 1 heterocycles. The van der Waals surface area contributed by atoms with Crippen molar-refractivity contribution in [3.8, 4) is 0 Å². The van der Waals surface area contributed by atoms with Gasteiger partial charge in [-0.3, -0.25) is 4.79 Å². The van der Waals surface area contributed by atoms with Crippen LogP contribution in [0.1, 0.15) is 33.1 Å². The van der Waals surface area contributed by atoms with Gasteiger partial charge < -0.3 is 15.0 Å². The third-order valence-electron chi connectivity index (χ3n) is 2.94. The van der Waals surface area contributed by atoms with E-state index in [-0.39, 0.29) is 11.9 Å². The predicted octanol–water partition coefficient (Wildman–Crippen LogP) is 1.38. The Hall–Kier alpha value is -1.26. The summed E-state index contributed by atoms with van der Waals surface area (Å²) >= 11 is 0. The van der Waals surface area contributed by atoms with Gasteiger partial charge in [0, 0.05) is 25.6 Å². The summed E-state index contributed by atoms with van der Waals surface area (Å²) in [6, 6.07) is 0.130. The molecule has 0 bridgehead atoms. The normalized spacial score (nSPS) is 17.1. The SMILES string of the molecule is COC(=O)NC1CCN(C(=O)CC(C)C)CC1. The highest BCUT2D eigenvalue weighted by molar-refractivity contribution is 5.76. The maximum Gasteiger partial charge on any atom is 0.407 e. The van der Waals surface area contributed by atoms with Crippen molar-refractivity contribution in [1.29, 1.82) is 0 Å². The Morgan fingerprint density at radius 2 is 1.94 bits per heavy atom. The van der Waals surface area contributed by atoms with Gasteiger partial charge in [0.15, 0.2) is 0 Å². The van der Waals surface area contributed by atoms with E-state index in [9.17, 15) is 9.59 Å². The summed E-state index contributed by atoms with van der Waals surface area (Å²) in [5.41, 5.74) is 0. The van der Waals surface area contributed by atoms with Crippen LogP contribution in [0.5, 0.6) is 0 Å². The van der Waals surface area contributed by atoms with Crippen LogP contribution in [0.4, 0.5) is 4.79 Å². The van der Waals surface area contributed by atoms with Crippen molar-refractivity contribution in [3.05, 3.63) is 0 Å². The minimum atomic E-state index is -0.392. The van der Waals surface area contributed by atoms with E-state index in [1.54, 1.807) is 0 Å². The molecule has 98 valence electrons. The van der Waals surface area contributed by atoms with Gasteiger partial charge >= 0.3 is 6.09 Å². The van der Waals surface area contributed by atoms with E-state index in [1.165, 1.54) is 7.11 Å². The van der Waals surface area contributed by atoms with E-state index in [2.05, 4.69) is 10.1 Å². The summed E-state index contributed by atoms with van der Waals surface area (Å²) in [6.45, 7) is 5.54. The van der Waals surface area contributed by atoms with Crippen LogP contribution in [0, 0.1) is 5.92 Å².